The Morgan fingerprint density at radius 1 is 1.10 bits per heavy atom. The minimum Gasteiger partial charge on any atom is -0.224 e. The predicted molar refractivity (Wildman–Crippen MR) is 80.7 cm³/mol. The first-order valence-corrected chi connectivity index (χ1v) is 8.59. The standard InChI is InChI=1S/C17H18O2S/c1-13-7-8-17-16(11-13)15(9-10-20(17,18)19)12-14-5-3-2-4-6-14/h2-8,11,15H,9-10,12H2,1H3. The van der Waals surface area contributed by atoms with Crippen molar-refractivity contribution in [3.05, 3.63) is 65.2 Å². The van der Waals surface area contributed by atoms with Crippen LogP contribution in [-0.2, 0) is 16.3 Å². The van der Waals surface area contributed by atoms with Crippen LogP contribution in [0.1, 0.15) is 29.0 Å². The average Bonchev–Trinajstić information content (AvgIpc) is 2.43. The van der Waals surface area contributed by atoms with E-state index in [2.05, 4.69) is 12.1 Å². The molecule has 0 N–H and O–H groups in total. The Balaban J connectivity index is 2.01. The summed E-state index contributed by atoms with van der Waals surface area (Å²) in [6.07, 6.45) is 1.63. The molecule has 2 nitrogen and oxygen atoms in total. The van der Waals surface area contributed by atoms with E-state index < -0.39 is 9.84 Å². The average molecular weight is 286 g/mol. The summed E-state index contributed by atoms with van der Waals surface area (Å²) in [5, 5.41) is 0. The molecule has 0 spiro atoms. The first kappa shape index (κ1) is 13.4. The van der Waals surface area contributed by atoms with Gasteiger partial charge in [-0.15, -0.1) is 0 Å². The number of aryl methyl sites for hydroxylation is 1. The van der Waals surface area contributed by atoms with Crippen molar-refractivity contribution in [3.8, 4) is 0 Å². The maximum atomic E-state index is 12.2. The van der Waals surface area contributed by atoms with E-state index in [0.29, 0.717) is 17.2 Å². The lowest BCUT2D eigenvalue weighted by atomic mass is 9.88. The van der Waals surface area contributed by atoms with Gasteiger partial charge in [-0.3, -0.25) is 0 Å². The number of hydrogen-bond acceptors (Lipinski definition) is 2. The van der Waals surface area contributed by atoms with E-state index in [1.165, 1.54) is 5.56 Å². The van der Waals surface area contributed by atoms with Crippen molar-refractivity contribution < 1.29 is 8.42 Å². The van der Waals surface area contributed by atoms with Crippen LogP contribution in [0.15, 0.2) is 53.4 Å². The van der Waals surface area contributed by atoms with Gasteiger partial charge < -0.3 is 0 Å². The van der Waals surface area contributed by atoms with Gasteiger partial charge in [0.2, 0.25) is 0 Å². The highest BCUT2D eigenvalue weighted by Crippen LogP contribution is 2.36. The molecular formula is C17H18O2S. The molecule has 0 aliphatic carbocycles. The summed E-state index contributed by atoms with van der Waals surface area (Å²) in [5.74, 6) is 0.566. The second kappa shape index (κ2) is 5.06. The molecule has 0 bridgehead atoms. The maximum Gasteiger partial charge on any atom is 0.178 e. The highest BCUT2D eigenvalue weighted by molar-refractivity contribution is 7.91. The Kier molecular flexibility index (Phi) is 3.38. The molecule has 1 heterocycles. The third kappa shape index (κ3) is 2.50. The lowest BCUT2D eigenvalue weighted by molar-refractivity contribution is 0.561. The van der Waals surface area contributed by atoms with Crippen LogP contribution < -0.4 is 0 Å². The van der Waals surface area contributed by atoms with Crippen molar-refractivity contribution in [1.82, 2.24) is 0 Å². The highest BCUT2D eigenvalue weighted by atomic mass is 32.2. The van der Waals surface area contributed by atoms with Gasteiger partial charge in [0.25, 0.3) is 0 Å². The van der Waals surface area contributed by atoms with Crippen LogP contribution >= 0.6 is 0 Å². The molecule has 1 atom stereocenters. The number of hydrogen-bond donors (Lipinski definition) is 0. The van der Waals surface area contributed by atoms with Crippen LogP contribution in [-0.4, -0.2) is 14.2 Å². The summed E-state index contributed by atoms with van der Waals surface area (Å²) in [6, 6.07) is 16.0. The van der Waals surface area contributed by atoms with Crippen molar-refractivity contribution in [2.75, 3.05) is 5.75 Å². The van der Waals surface area contributed by atoms with Gasteiger partial charge in [0.15, 0.2) is 9.84 Å². The summed E-state index contributed by atoms with van der Waals surface area (Å²) in [7, 11) is -3.08. The largest absolute Gasteiger partial charge is 0.224 e. The molecule has 104 valence electrons. The molecular weight excluding hydrogens is 268 g/mol. The molecule has 2 aromatic rings. The molecule has 1 unspecified atom stereocenters. The van der Waals surface area contributed by atoms with Crippen molar-refractivity contribution >= 4 is 9.84 Å². The molecule has 0 fully saturated rings. The smallest absolute Gasteiger partial charge is 0.178 e. The summed E-state index contributed by atoms with van der Waals surface area (Å²) in [6.45, 7) is 2.01. The van der Waals surface area contributed by atoms with E-state index in [1.54, 1.807) is 6.07 Å². The first-order chi connectivity index (χ1) is 9.56. The van der Waals surface area contributed by atoms with E-state index >= 15 is 0 Å². The summed E-state index contributed by atoms with van der Waals surface area (Å²) < 4.78 is 24.4. The van der Waals surface area contributed by atoms with Crippen LogP contribution in [0.4, 0.5) is 0 Å². The second-order valence-electron chi connectivity index (χ2n) is 5.54. The second-order valence-corrected chi connectivity index (χ2v) is 7.61. The number of sulfone groups is 1. The van der Waals surface area contributed by atoms with Gasteiger partial charge in [-0.2, -0.15) is 0 Å². The molecule has 3 rings (SSSR count). The molecule has 3 heteroatoms. The van der Waals surface area contributed by atoms with Crippen molar-refractivity contribution in [3.63, 3.8) is 0 Å². The van der Waals surface area contributed by atoms with Gasteiger partial charge in [-0.1, -0.05) is 48.0 Å². The van der Waals surface area contributed by atoms with Crippen LogP contribution in [0.25, 0.3) is 0 Å². The van der Waals surface area contributed by atoms with E-state index in [9.17, 15) is 8.42 Å². The quantitative estimate of drug-likeness (QED) is 0.846. The van der Waals surface area contributed by atoms with Crippen LogP contribution in [0.3, 0.4) is 0 Å². The Labute approximate surface area is 120 Å². The van der Waals surface area contributed by atoms with E-state index in [1.807, 2.05) is 37.3 Å². The minimum absolute atomic E-state index is 0.264. The zero-order valence-corrected chi connectivity index (χ0v) is 12.4. The SMILES string of the molecule is Cc1ccc2c(c1)C(Cc1ccccc1)CCS2(=O)=O. The number of fused-ring (bicyclic) bond motifs is 1. The zero-order valence-electron chi connectivity index (χ0n) is 11.5. The number of rotatable bonds is 2. The maximum absolute atomic E-state index is 12.2. The normalized spacial score (nSPS) is 20.4. The van der Waals surface area contributed by atoms with Gasteiger partial charge in [-0.25, -0.2) is 8.42 Å². The Hall–Kier alpha value is -1.61. The molecule has 1 aliphatic rings. The first-order valence-electron chi connectivity index (χ1n) is 6.93. The fourth-order valence-corrected chi connectivity index (χ4v) is 4.62. The topological polar surface area (TPSA) is 34.1 Å². The van der Waals surface area contributed by atoms with Crippen LogP contribution in [0.5, 0.6) is 0 Å². The van der Waals surface area contributed by atoms with E-state index in [0.717, 1.165) is 17.5 Å². The highest BCUT2D eigenvalue weighted by Gasteiger charge is 2.30. The summed E-state index contributed by atoms with van der Waals surface area (Å²) in [5.41, 5.74) is 3.39. The summed E-state index contributed by atoms with van der Waals surface area (Å²) in [4.78, 5) is 0.537. The van der Waals surface area contributed by atoms with E-state index in [4.69, 9.17) is 0 Å². The van der Waals surface area contributed by atoms with Gasteiger partial charge >= 0.3 is 0 Å². The molecule has 0 aromatic heterocycles. The van der Waals surface area contributed by atoms with Gasteiger partial charge in [0.1, 0.15) is 0 Å². The van der Waals surface area contributed by atoms with Crippen molar-refractivity contribution in [2.45, 2.75) is 30.6 Å². The molecule has 0 amide bonds. The minimum atomic E-state index is -3.08. The molecule has 2 aromatic carbocycles. The van der Waals surface area contributed by atoms with Gasteiger partial charge in [0.05, 0.1) is 10.6 Å². The molecule has 0 saturated heterocycles. The molecule has 0 saturated carbocycles. The van der Waals surface area contributed by atoms with Crippen molar-refractivity contribution in [2.24, 2.45) is 0 Å². The predicted octanol–water partition coefficient (Wildman–Crippen LogP) is 3.50. The van der Waals surface area contributed by atoms with E-state index in [-0.39, 0.29) is 5.75 Å². The van der Waals surface area contributed by atoms with Gasteiger partial charge in [-0.05, 0) is 42.9 Å². The third-order valence-corrected chi connectivity index (χ3v) is 5.82. The lowest BCUT2D eigenvalue weighted by Crippen LogP contribution is -2.21. The molecule has 20 heavy (non-hydrogen) atoms. The Bertz CT molecular complexity index is 718. The molecule has 0 radical (unpaired) electrons. The third-order valence-electron chi connectivity index (χ3n) is 4.00. The van der Waals surface area contributed by atoms with Crippen LogP contribution in [0.2, 0.25) is 0 Å². The summed E-state index contributed by atoms with van der Waals surface area (Å²) >= 11 is 0. The Morgan fingerprint density at radius 2 is 1.85 bits per heavy atom. The lowest BCUT2D eigenvalue weighted by Gasteiger charge is -2.26. The van der Waals surface area contributed by atoms with Crippen LogP contribution in [0, 0.1) is 6.92 Å². The number of benzene rings is 2. The fraction of sp³-hybridized carbons (Fsp3) is 0.294. The zero-order chi connectivity index (χ0) is 14.2. The molecule has 1 aliphatic heterocycles. The Morgan fingerprint density at radius 3 is 2.60 bits per heavy atom. The van der Waals surface area contributed by atoms with Crippen molar-refractivity contribution in [1.29, 1.82) is 0 Å². The van der Waals surface area contributed by atoms with Gasteiger partial charge in [0, 0.05) is 0 Å². The fourth-order valence-electron chi connectivity index (χ4n) is 2.94. The monoisotopic (exact) mass is 286 g/mol.